The maximum absolute atomic E-state index is 12.2. The number of rotatable bonds is 5. The van der Waals surface area contributed by atoms with Gasteiger partial charge in [-0.2, -0.15) is 0 Å². The summed E-state index contributed by atoms with van der Waals surface area (Å²) >= 11 is 3.32. The van der Waals surface area contributed by atoms with E-state index in [0.717, 1.165) is 6.42 Å². The van der Waals surface area contributed by atoms with Gasteiger partial charge in [0.2, 0.25) is 0 Å². The Hall–Kier alpha value is -1.36. The molecule has 0 spiro atoms. The summed E-state index contributed by atoms with van der Waals surface area (Å²) in [7, 11) is 1.32. The van der Waals surface area contributed by atoms with Crippen molar-refractivity contribution in [3.05, 3.63) is 34.3 Å². The summed E-state index contributed by atoms with van der Waals surface area (Å²) < 4.78 is 5.43. The minimum Gasteiger partial charge on any atom is -0.467 e. The van der Waals surface area contributed by atoms with Crippen LogP contribution in [0.5, 0.6) is 0 Å². The van der Waals surface area contributed by atoms with Gasteiger partial charge in [0.25, 0.3) is 5.91 Å². The fourth-order valence-corrected chi connectivity index (χ4v) is 2.13. The third-order valence-electron chi connectivity index (χ3n) is 3.07. The Morgan fingerprint density at radius 1 is 1.37 bits per heavy atom. The van der Waals surface area contributed by atoms with E-state index in [0.29, 0.717) is 10.0 Å². The van der Waals surface area contributed by atoms with E-state index in [1.54, 1.807) is 18.2 Å². The van der Waals surface area contributed by atoms with Crippen LogP contribution in [-0.2, 0) is 9.53 Å². The highest BCUT2D eigenvalue weighted by Crippen LogP contribution is 2.17. The molecule has 1 aromatic rings. The lowest BCUT2D eigenvalue weighted by Crippen LogP contribution is -2.45. The SMILES string of the molecule is CC[C@H](C)[C@H](NC(=O)c1ccccc1Br)C(=O)OC. The number of halogens is 1. The number of hydrogen-bond donors (Lipinski definition) is 1. The first-order valence-electron chi connectivity index (χ1n) is 6.14. The molecule has 0 unspecified atom stereocenters. The van der Waals surface area contributed by atoms with Crippen LogP contribution in [0.25, 0.3) is 0 Å². The highest BCUT2D eigenvalue weighted by atomic mass is 79.9. The summed E-state index contributed by atoms with van der Waals surface area (Å²) in [6.45, 7) is 3.87. The zero-order valence-corrected chi connectivity index (χ0v) is 12.9. The maximum Gasteiger partial charge on any atom is 0.328 e. The Balaban J connectivity index is 2.88. The molecule has 1 amide bonds. The number of benzene rings is 1. The molecule has 0 bridgehead atoms. The van der Waals surface area contributed by atoms with Crippen LogP contribution in [0.1, 0.15) is 30.6 Å². The second-order valence-electron chi connectivity index (χ2n) is 4.34. The predicted molar refractivity (Wildman–Crippen MR) is 76.9 cm³/mol. The van der Waals surface area contributed by atoms with Crippen molar-refractivity contribution in [2.45, 2.75) is 26.3 Å². The molecule has 0 aliphatic rings. The summed E-state index contributed by atoms with van der Waals surface area (Å²) in [6, 6.07) is 6.45. The molecule has 5 heteroatoms. The van der Waals surface area contributed by atoms with Crippen LogP contribution in [0.2, 0.25) is 0 Å². The van der Waals surface area contributed by atoms with Crippen LogP contribution in [0.3, 0.4) is 0 Å². The fourth-order valence-electron chi connectivity index (χ4n) is 1.66. The van der Waals surface area contributed by atoms with Crippen molar-refractivity contribution in [2.75, 3.05) is 7.11 Å². The van der Waals surface area contributed by atoms with Gasteiger partial charge in [0.15, 0.2) is 0 Å². The van der Waals surface area contributed by atoms with Crippen LogP contribution in [0, 0.1) is 5.92 Å². The van der Waals surface area contributed by atoms with Crippen LogP contribution in [0.4, 0.5) is 0 Å². The van der Waals surface area contributed by atoms with Crippen LogP contribution in [0.15, 0.2) is 28.7 Å². The first kappa shape index (κ1) is 15.7. The second kappa shape index (κ2) is 7.28. The zero-order valence-electron chi connectivity index (χ0n) is 11.3. The molecule has 0 radical (unpaired) electrons. The Morgan fingerprint density at radius 3 is 2.53 bits per heavy atom. The quantitative estimate of drug-likeness (QED) is 0.846. The van der Waals surface area contributed by atoms with E-state index in [-0.39, 0.29) is 11.8 Å². The molecular formula is C14H18BrNO3. The second-order valence-corrected chi connectivity index (χ2v) is 5.19. The minimum atomic E-state index is -0.630. The third kappa shape index (κ3) is 4.06. The molecule has 0 aromatic heterocycles. The number of esters is 1. The molecule has 19 heavy (non-hydrogen) atoms. The van der Waals surface area contributed by atoms with Crippen LogP contribution >= 0.6 is 15.9 Å². The molecule has 0 fully saturated rings. The van der Waals surface area contributed by atoms with Gasteiger partial charge in [0.05, 0.1) is 12.7 Å². The zero-order chi connectivity index (χ0) is 14.4. The topological polar surface area (TPSA) is 55.4 Å². The Morgan fingerprint density at radius 2 is 2.00 bits per heavy atom. The molecule has 0 heterocycles. The normalized spacial score (nSPS) is 13.5. The van der Waals surface area contributed by atoms with Crippen LogP contribution in [-0.4, -0.2) is 25.0 Å². The molecule has 1 rings (SSSR count). The number of hydrogen-bond acceptors (Lipinski definition) is 3. The maximum atomic E-state index is 12.2. The van der Waals surface area contributed by atoms with E-state index in [4.69, 9.17) is 4.74 Å². The highest BCUT2D eigenvalue weighted by Gasteiger charge is 2.27. The van der Waals surface area contributed by atoms with E-state index < -0.39 is 12.0 Å². The van der Waals surface area contributed by atoms with Gasteiger partial charge >= 0.3 is 5.97 Å². The average molecular weight is 328 g/mol. The van der Waals surface area contributed by atoms with E-state index in [1.807, 2.05) is 19.9 Å². The number of amides is 1. The molecular weight excluding hydrogens is 310 g/mol. The van der Waals surface area contributed by atoms with Crippen LogP contribution < -0.4 is 5.32 Å². The number of methoxy groups -OCH3 is 1. The first-order chi connectivity index (χ1) is 9.01. The van der Waals surface area contributed by atoms with Gasteiger partial charge < -0.3 is 10.1 Å². The standard InChI is InChI=1S/C14H18BrNO3/c1-4-9(2)12(14(18)19-3)16-13(17)10-7-5-6-8-11(10)15/h5-9,12H,4H2,1-3H3,(H,16,17)/t9-,12-/m0/s1. The molecule has 0 saturated heterocycles. The largest absolute Gasteiger partial charge is 0.467 e. The van der Waals surface area contributed by atoms with E-state index in [2.05, 4.69) is 21.2 Å². The molecule has 1 aromatic carbocycles. The third-order valence-corrected chi connectivity index (χ3v) is 3.76. The van der Waals surface area contributed by atoms with Crippen molar-refractivity contribution >= 4 is 27.8 Å². The highest BCUT2D eigenvalue weighted by molar-refractivity contribution is 9.10. The number of carbonyl (C=O) groups is 2. The average Bonchev–Trinajstić information content (AvgIpc) is 2.43. The molecule has 2 atom stereocenters. The van der Waals surface area contributed by atoms with Gasteiger partial charge in [0, 0.05) is 4.47 Å². The fraction of sp³-hybridized carbons (Fsp3) is 0.429. The van der Waals surface area contributed by atoms with Crippen molar-refractivity contribution in [1.82, 2.24) is 5.32 Å². The summed E-state index contributed by atoms with van der Waals surface area (Å²) in [4.78, 5) is 23.9. The first-order valence-corrected chi connectivity index (χ1v) is 6.93. The minimum absolute atomic E-state index is 0.0129. The molecule has 0 saturated carbocycles. The van der Waals surface area contributed by atoms with Gasteiger partial charge in [0.1, 0.15) is 6.04 Å². The van der Waals surface area contributed by atoms with E-state index in [1.165, 1.54) is 7.11 Å². The number of ether oxygens (including phenoxy) is 1. The molecule has 104 valence electrons. The number of carbonyl (C=O) groups excluding carboxylic acids is 2. The molecule has 0 aliphatic heterocycles. The van der Waals surface area contributed by atoms with Gasteiger partial charge in [-0.05, 0) is 34.0 Å². The summed E-state index contributed by atoms with van der Waals surface area (Å²) in [5.74, 6) is -0.697. The van der Waals surface area contributed by atoms with E-state index >= 15 is 0 Å². The Labute approximate surface area is 121 Å². The lowest BCUT2D eigenvalue weighted by atomic mass is 9.99. The lowest BCUT2D eigenvalue weighted by Gasteiger charge is -2.22. The van der Waals surface area contributed by atoms with Gasteiger partial charge in [-0.25, -0.2) is 4.79 Å². The summed E-state index contributed by atoms with van der Waals surface area (Å²) in [5.41, 5.74) is 0.500. The van der Waals surface area contributed by atoms with Crippen molar-refractivity contribution in [2.24, 2.45) is 5.92 Å². The smallest absolute Gasteiger partial charge is 0.328 e. The lowest BCUT2D eigenvalue weighted by molar-refractivity contribution is -0.144. The van der Waals surface area contributed by atoms with Gasteiger partial charge in [-0.1, -0.05) is 32.4 Å². The van der Waals surface area contributed by atoms with Crippen molar-refractivity contribution in [1.29, 1.82) is 0 Å². The van der Waals surface area contributed by atoms with E-state index in [9.17, 15) is 9.59 Å². The predicted octanol–water partition coefficient (Wildman–Crippen LogP) is 2.77. The van der Waals surface area contributed by atoms with Crippen molar-refractivity contribution in [3.63, 3.8) is 0 Å². The van der Waals surface area contributed by atoms with Gasteiger partial charge in [-0.15, -0.1) is 0 Å². The number of nitrogens with one attached hydrogen (secondary N) is 1. The molecule has 1 N–H and O–H groups in total. The van der Waals surface area contributed by atoms with Gasteiger partial charge in [-0.3, -0.25) is 4.79 Å². The van der Waals surface area contributed by atoms with Crippen molar-refractivity contribution < 1.29 is 14.3 Å². The summed E-state index contributed by atoms with van der Waals surface area (Å²) in [6.07, 6.45) is 0.774. The molecule has 4 nitrogen and oxygen atoms in total. The Kier molecular flexibility index (Phi) is 6.02. The summed E-state index contributed by atoms with van der Waals surface area (Å²) in [5, 5.41) is 2.73. The Bertz CT molecular complexity index is 462. The monoisotopic (exact) mass is 327 g/mol. The molecule has 0 aliphatic carbocycles. The van der Waals surface area contributed by atoms with Crippen molar-refractivity contribution in [3.8, 4) is 0 Å².